The maximum atomic E-state index is 12.2. The molecule has 122 valence electrons. The number of hydrogen-bond acceptors (Lipinski definition) is 5. The molecule has 0 aromatic rings. The van der Waals surface area contributed by atoms with E-state index in [0.29, 0.717) is 18.1 Å². The van der Waals surface area contributed by atoms with E-state index >= 15 is 0 Å². The van der Waals surface area contributed by atoms with E-state index in [2.05, 4.69) is 13.8 Å². The number of aliphatic carboxylic acids is 1. The number of allylic oxidation sites excluding steroid dienone is 1. The molecule has 0 aromatic heterocycles. The molecule has 3 atom stereocenters. The van der Waals surface area contributed by atoms with Gasteiger partial charge in [-0.1, -0.05) is 20.3 Å². The minimum Gasteiger partial charge on any atom is -0.491 e. The van der Waals surface area contributed by atoms with Crippen molar-refractivity contribution in [1.29, 1.82) is 0 Å². The Morgan fingerprint density at radius 1 is 1.45 bits per heavy atom. The molecule has 2 saturated heterocycles. The topological polar surface area (TPSA) is 89.9 Å². The fourth-order valence-electron chi connectivity index (χ4n) is 3.03. The molecule has 6 heteroatoms. The molecule has 1 N–H and O–H groups in total. The highest BCUT2D eigenvalue weighted by Gasteiger charge is 2.45. The third-order valence-electron chi connectivity index (χ3n) is 4.36. The minimum atomic E-state index is -1.22. The molecule has 2 aliphatic heterocycles. The summed E-state index contributed by atoms with van der Waals surface area (Å²) in [6.45, 7) is 6.22. The van der Waals surface area contributed by atoms with Gasteiger partial charge in [0, 0.05) is 6.42 Å². The van der Waals surface area contributed by atoms with Crippen LogP contribution in [0, 0.1) is 5.92 Å². The van der Waals surface area contributed by atoms with Crippen LogP contribution in [0.4, 0.5) is 0 Å². The van der Waals surface area contributed by atoms with E-state index in [0.717, 1.165) is 19.3 Å². The first-order chi connectivity index (χ1) is 10.3. The monoisotopic (exact) mass is 310 g/mol. The summed E-state index contributed by atoms with van der Waals surface area (Å²) in [7, 11) is 0. The molecule has 0 aliphatic carbocycles. The zero-order valence-corrected chi connectivity index (χ0v) is 13.2. The average Bonchev–Trinajstić information content (AvgIpc) is 2.90. The van der Waals surface area contributed by atoms with Crippen molar-refractivity contribution in [3.63, 3.8) is 0 Å². The van der Waals surface area contributed by atoms with Crippen LogP contribution >= 0.6 is 0 Å². The van der Waals surface area contributed by atoms with Crippen LogP contribution in [0.15, 0.2) is 11.3 Å². The van der Waals surface area contributed by atoms with Crippen LogP contribution in [0.2, 0.25) is 0 Å². The Balaban J connectivity index is 2.16. The molecule has 2 aliphatic rings. The van der Waals surface area contributed by atoms with Crippen molar-refractivity contribution in [3.05, 3.63) is 11.3 Å². The molecule has 2 heterocycles. The summed E-state index contributed by atoms with van der Waals surface area (Å²) < 4.78 is 10.8. The van der Waals surface area contributed by atoms with E-state index in [1.165, 1.54) is 0 Å². The van der Waals surface area contributed by atoms with Crippen molar-refractivity contribution in [1.82, 2.24) is 0 Å². The highest BCUT2D eigenvalue weighted by molar-refractivity contribution is 6.24. The first kappa shape index (κ1) is 16.5. The largest absolute Gasteiger partial charge is 0.491 e. The maximum absolute atomic E-state index is 12.2. The number of cyclic esters (lactones) is 1. The first-order valence-corrected chi connectivity index (χ1v) is 7.65. The lowest BCUT2D eigenvalue weighted by atomic mass is 9.89. The molecule has 0 saturated carbocycles. The fraction of sp³-hybridized carbons (Fsp3) is 0.688. The number of carbonyl (C=O) groups excluding carboxylic acids is 2. The van der Waals surface area contributed by atoms with Gasteiger partial charge >= 0.3 is 11.9 Å². The van der Waals surface area contributed by atoms with Gasteiger partial charge in [-0.25, -0.2) is 4.79 Å². The summed E-state index contributed by atoms with van der Waals surface area (Å²) in [6.07, 6.45) is 1.39. The maximum Gasteiger partial charge on any atom is 0.346 e. The van der Waals surface area contributed by atoms with E-state index in [9.17, 15) is 14.4 Å². The SMILES string of the molecule is CCC(C)C[C@@]1(C)CC/C(=C2\C(=O)O[C@H](CC(=O)O)C2=O)O1. The lowest BCUT2D eigenvalue weighted by Gasteiger charge is -2.27. The number of ether oxygens (including phenoxy) is 2. The molecule has 6 nitrogen and oxygen atoms in total. The van der Waals surface area contributed by atoms with Gasteiger partial charge in [-0.05, 0) is 25.7 Å². The molecule has 0 aromatic carbocycles. The molecule has 2 rings (SSSR count). The van der Waals surface area contributed by atoms with Gasteiger partial charge in [-0.3, -0.25) is 9.59 Å². The standard InChI is InChI=1S/C16H22O6/c1-4-9(2)8-16(3)6-5-10(22-16)13-14(19)11(7-12(17)18)21-15(13)20/h9,11H,4-8H2,1-3H3,(H,17,18)/b13-10+/t9?,11-,16-/m1/s1. The summed E-state index contributed by atoms with van der Waals surface area (Å²) in [5, 5.41) is 8.75. The van der Waals surface area contributed by atoms with Crippen LogP contribution in [0.25, 0.3) is 0 Å². The molecular weight excluding hydrogens is 288 g/mol. The van der Waals surface area contributed by atoms with Crippen molar-refractivity contribution < 1.29 is 29.0 Å². The number of carbonyl (C=O) groups is 3. The second-order valence-corrected chi connectivity index (χ2v) is 6.42. The molecular formula is C16H22O6. The number of ketones is 1. The first-order valence-electron chi connectivity index (χ1n) is 7.65. The van der Waals surface area contributed by atoms with Crippen molar-refractivity contribution in [3.8, 4) is 0 Å². The number of carboxylic acids is 1. The predicted octanol–water partition coefficient (Wildman–Crippen LogP) is 2.21. The highest BCUT2D eigenvalue weighted by Crippen LogP contribution is 2.40. The van der Waals surface area contributed by atoms with Crippen molar-refractivity contribution in [2.24, 2.45) is 5.92 Å². The van der Waals surface area contributed by atoms with Gasteiger partial charge < -0.3 is 14.6 Å². The predicted molar refractivity (Wildman–Crippen MR) is 77.0 cm³/mol. The number of rotatable bonds is 5. The van der Waals surface area contributed by atoms with E-state index < -0.39 is 30.2 Å². The van der Waals surface area contributed by atoms with Crippen molar-refractivity contribution in [2.75, 3.05) is 0 Å². The smallest absolute Gasteiger partial charge is 0.346 e. The Morgan fingerprint density at radius 2 is 2.14 bits per heavy atom. The van der Waals surface area contributed by atoms with Crippen LogP contribution in [-0.4, -0.2) is 34.5 Å². The van der Waals surface area contributed by atoms with Gasteiger partial charge in [0.1, 0.15) is 16.9 Å². The third-order valence-corrected chi connectivity index (χ3v) is 4.36. The van der Waals surface area contributed by atoms with Gasteiger partial charge in [0.05, 0.1) is 6.42 Å². The molecule has 0 radical (unpaired) electrons. The zero-order chi connectivity index (χ0) is 16.5. The van der Waals surface area contributed by atoms with Crippen molar-refractivity contribution >= 4 is 17.7 Å². The highest BCUT2D eigenvalue weighted by atomic mass is 16.6. The van der Waals surface area contributed by atoms with Gasteiger partial charge in [0.15, 0.2) is 6.10 Å². The van der Waals surface area contributed by atoms with Crippen LogP contribution in [-0.2, 0) is 23.9 Å². The molecule has 2 fully saturated rings. The second kappa shape index (κ2) is 6.10. The van der Waals surface area contributed by atoms with Crippen molar-refractivity contribution in [2.45, 2.75) is 64.6 Å². The number of hydrogen-bond donors (Lipinski definition) is 1. The molecule has 0 amide bonds. The summed E-state index contributed by atoms with van der Waals surface area (Å²) in [5.74, 6) is -1.67. The van der Waals surface area contributed by atoms with Crippen LogP contribution < -0.4 is 0 Å². The zero-order valence-electron chi connectivity index (χ0n) is 13.2. The quantitative estimate of drug-likeness (QED) is 0.476. The number of carboxylic acid groups (broad SMARTS) is 1. The van der Waals surface area contributed by atoms with Crippen LogP contribution in [0.1, 0.15) is 52.9 Å². The minimum absolute atomic E-state index is 0.0980. The van der Waals surface area contributed by atoms with Crippen LogP contribution in [0.3, 0.4) is 0 Å². The fourth-order valence-corrected chi connectivity index (χ4v) is 3.03. The van der Waals surface area contributed by atoms with E-state index in [1.54, 1.807) is 0 Å². The average molecular weight is 310 g/mol. The summed E-state index contributed by atoms with van der Waals surface area (Å²) >= 11 is 0. The number of esters is 1. The Kier molecular flexibility index (Phi) is 4.58. The van der Waals surface area contributed by atoms with E-state index in [4.69, 9.17) is 14.6 Å². The molecule has 22 heavy (non-hydrogen) atoms. The summed E-state index contributed by atoms with van der Waals surface area (Å²) in [5.41, 5.74) is -0.484. The number of Topliss-reactive ketones (excluding diaryl/α,β-unsaturated/α-hetero) is 1. The van der Waals surface area contributed by atoms with Gasteiger partial charge in [-0.15, -0.1) is 0 Å². The van der Waals surface area contributed by atoms with Gasteiger partial charge in [0.2, 0.25) is 5.78 Å². The van der Waals surface area contributed by atoms with E-state index in [-0.39, 0.29) is 11.2 Å². The lowest BCUT2D eigenvalue weighted by molar-refractivity contribution is -0.147. The Labute approximate surface area is 129 Å². The third kappa shape index (κ3) is 3.31. The van der Waals surface area contributed by atoms with Crippen LogP contribution in [0.5, 0.6) is 0 Å². The van der Waals surface area contributed by atoms with E-state index in [1.807, 2.05) is 6.92 Å². The molecule has 0 spiro atoms. The second-order valence-electron chi connectivity index (χ2n) is 6.42. The van der Waals surface area contributed by atoms with Gasteiger partial charge in [-0.2, -0.15) is 0 Å². The normalized spacial score (nSPS) is 32.8. The Morgan fingerprint density at radius 3 is 2.73 bits per heavy atom. The Bertz CT molecular complexity index is 535. The summed E-state index contributed by atoms with van der Waals surface area (Å²) in [4.78, 5) is 34.8. The van der Waals surface area contributed by atoms with Gasteiger partial charge in [0.25, 0.3) is 0 Å². The molecule has 0 bridgehead atoms. The lowest BCUT2D eigenvalue weighted by Crippen LogP contribution is -2.26. The Hall–Kier alpha value is -1.85. The molecule has 1 unspecified atom stereocenters. The summed E-state index contributed by atoms with van der Waals surface area (Å²) in [6, 6.07) is 0.